The van der Waals surface area contributed by atoms with Gasteiger partial charge in [0.1, 0.15) is 5.52 Å². The van der Waals surface area contributed by atoms with Crippen molar-refractivity contribution in [3.63, 3.8) is 0 Å². The largest absolute Gasteiger partial charge is 0.334 e. The van der Waals surface area contributed by atoms with Crippen LogP contribution < -0.4 is 5.32 Å². The normalized spacial score (nSPS) is 10.2. The zero-order valence-corrected chi connectivity index (χ0v) is 7.19. The van der Waals surface area contributed by atoms with Crippen molar-refractivity contribution in [2.24, 2.45) is 7.05 Å². The fraction of sp³-hybridized carbons (Fsp3) is 0.111. The molecule has 13 heavy (non-hydrogen) atoms. The Hall–Kier alpha value is -1.84. The highest BCUT2D eigenvalue weighted by molar-refractivity contribution is 5.92. The van der Waals surface area contributed by atoms with Crippen LogP contribution in [0.2, 0.25) is 0 Å². The Kier molecular flexibility index (Phi) is 1.73. The maximum atomic E-state index is 10.3. The maximum Gasteiger partial charge on any atom is 0.211 e. The van der Waals surface area contributed by atoms with Gasteiger partial charge in [0.2, 0.25) is 6.41 Å². The first kappa shape index (κ1) is 7.79. The van der Waals surface area contributed by atoms with Gasteiger partial charge in [-0.05, 0) is 12.1 Å². The first-order valence-electron chi connectivity index (χ1n) is 3.93. The van der Waals surface area contributed by atoms with Gasteiger partial charge in [-0.1, -0.05) is 6.07 Å². The quantitative estimate of drug-likeness (QED) is 0.696. The fourth-order valence-electron chi connectivity index (χ4n) is 1.34. The Labute approximate surface area is 75.2 Å². The summed E-state index contributed by atoms with van der Waals surface area (Å²) in [7, 11) is 1.92. The number of amides is 1. The van der Waals surface area contributed by atoms with Gasteiger partial charge in [-0.2, -0.15) is 0 Å². The monoisotopic (exact) mass is 175 g/mol. The second-order valence-corrected chi connectivity index (χ2v) is 2.79. The van der Waals surface area contributed by atoms with Crippen LogP contribution in [0.1, 0.15) is 0 Å². The number of aryl methyl sites for hydroxylation is 1. The molecule has 0 aliphatic rings. The van der Waals surface area contributed by atoms with Crippen LogP contribution in [0, 0.1) is 0 Å². The minimum atomic E-state index is 0.656. The molecule has 0 bridgehead atoms. The molecule has 4 heteroatoms. The van der Waals surface area contributed by atoms with E-state index in [9.17, 15) is 4.79 Å². The molecule has 0 unspecified atom stereocenters. The summed E-state index contributed by atoms with van der Waals surface area (Å²) in [6, 6.07) is 5.66. The van der Waals surface area contributed by atoms with Crippen LogP contribution in [0.4, 0.5) is 5.69 Å². The number of nitrogens with zero attached hydrogens (tertiary/aromatic N) is 2. The zero-order valence-electron chi connectivity index (χ0n) is 7.19. The van der Waals surface area contributed by atoms with Gasteiger partial charge in [-0.25, -0.2) is 4.98 Å². The van der Waals surface area contributed by atoms with E-state index in [0.717, 1.165) is 16.7 Å². The van der Waals surface area contributed by atoms with Gasteiger partial charge in [0.25, 0.3) is 0 Å². The van der Waals surface area contributed by atoms with Crippen molar-refractivity contribution < 1.29 is 4.79 Å². The highest BCUT2D eigenvalue weighted by atomic mass is 16.1. The minimum absolute atomic E-state index is 0.656. The van der Waals surface area contributed by atoms with Gasteiger partial charge in [0.05, 0.1) is 17.5 Å². The number of nitrogens with one attached hydrogen (secondary N) is 1. The van der Waals surface area contributed by atoms with Crippen molar-refractivity contribution >= 4 is 23.1 Å². The topological polar surface area (TPSA) is 46.9 Å². The van der Waals surface area contributed by atoms with Gasteiger partial charge in [-0.3, -0.25) is 4.79 Å². The van der Waals surface area contributed by atoms with E-state index in [0.29, 0.717) is 6.41 Å². The molecular formula is C9H9N3O. The van der Waals surface area contributed by atoms with Crippen molar-refractivity contribution in [3.8, 4) is 0 Å². The maximum absolute atomic E-state index is 10.3. The molecule has 0 atom stereocenters. The van der Waals surface area contributed by atoms with Gasteiger partial charge in [0.15, 0.2) is 0 Å². The molecule has 0 radical (unpaired) electrons. The lowest BCUT2D eigenvalue weighted by Crippen LogP contribution is -1.94. The van der Waals surface area contributed by atoms with Gasteiger partial charge < -0.3 is 9.88 Å². The molecule has 0 aliphatic heterocycles. The summed E-state index contributed by atoms with van der Waals surface area (Å²) >= 11 is 0. The summed E-state index contributed by atoms with van der Waals surface area (Å²) in [5.41, 5.74) is 2.57. The highest BCUT2D eigenvalue weighted by Gasteiger charge is 2.03. The average Bonchev–Trinajstić information content (AvgIpc) is 2.50. The van der Waals surface area contributed by atoms with Crippen LogP contribution in [0.15, 0.2) is 24.5 Å². The number of para-hydroxylation sites is 1. The van der Waals surface area contributed by atoms with E-state index in [4.69, 9.17) is 0 Å². The number of rotatable bonds is 2. The Morgan fingerprint density at radius 2 is 2.38 bits per heavy atom. The molecule has 1 N–H and O–H groups in total. The first-order valence-corrected chi connectivity index (χ1v) is 3.93. The molecule has 1 aromatic heterocycles. The second kappa shape index (κ2) is 2.90. The van der Waals surface area contributed by atoms with Crippen LogP contribution in [0.25, 0.3) is 11.0 Å². The van der Waals surface area contributed by atoms with E-state index in [1.54, 1.807) is 6.33 Å². The number of carbonyl (C=O) groups excluding carboxylic acids is 1. The van der Waals surface area contributed by atoms with Crippen molar-refractivity contribution in [1.82, 2.24) is 9.55 Å². The smallest absolute Gasteiger partial charge is 0.211 e. The van der Waals surface area contributed by atoms with Gasteiger partial charge in [-0.15, -0.1) is 0 Å². The molecule has 1 aromatic carbocycles. The molecule has 0 saturated carbocycles. The van der Waals surface area contributed by atoms with Crippen LogP contribution in [0.3, 0.4) is 0 Å². The van der Waals surface area contributed by atoms with Crippen molar-refractivity contribution in [2.45, 2.75) is 0 Å². The zero-order chi connectivity index (χ0) is 9.26. The summed E-state index contributed by atoms with van der Waals surface area (Å²) in [5, 5.41) is 2.61. The van der Waals surface area contributed by atoms with Crippen molar-refractivity contribution in [1.29, 1.82) is 0 Å². The van der Waals surface area contributed by atoms with E-state index in [1.165, 1.54) is 0 Å². The summed E-state index contributed by atoms with van der Waals surface area (Å²) in [4.78, 5) is 14.5. The summed E-state index contributed by atoms with van der Waals surface area (Å²) in [5.74, 6) is 0. The number of fused-ring (bicyclic) bond motifs is 1. The van der Waals surface area contributed by atoms with Crippen molar-refractivity contribution in [3.05, 3.63) is 24.5 Å². The molecule has 2 rings (SSSR count). The standard InChI is InChI=1S/C9H9N3O/c1-12-5-10-9-7(11-6-13)3-2-4-8(9)12/h2-6H,1H3,(H,11,13). The van der Waals surface area contributed by atoms with E-state index < -0.39 is 0 Å². The molecule has 0 aliphatic carbocycles. The lowest BCUT2D eigenvalue weighted by Gasteiger charge is -1.99. The highest BCUT2D eigenvalue weighted by Crippen LogP contribution is 2.20. The SMILES string of the molecule is Cn1cnc2c(NC=O)cccc21. The molecule has 4 nitrogen and oxygen atoms in total. The number of hydrogen-bond donors (Lipinski definition) is 1. The number of carbonyl (C=O) groups is 1. The van der Waals surface area contributed by atoms with E-state index in [1.807, 2.05) is 29.8 Å². The third-order valence-corrected chi connectivity index (χ3v) is 1.97. The van der Waals surface area contributed by atoms with E-state index in [2.05, 4.69) is 10.3 Å². The van der Waals surface area contributed by atoms with Crippen molar-refractivity contribution in [2.75, 3.05) is 5.32 Å². The van der Waals surface area contributed by atoms with Crippen LogP contribution >= 0.6 is 0 Å². The molecule has 1 heterocycles. The van der Waals surface area contributed by atoms with Crippen LogP contribution in [-0.4, -0.2) is 16.0 Å². The third kappa shape index (κ3) is 1.16. The fourth-order valence-corrected chi connectivity index (χ4v) is 1.34. The average molecular weight is 175 g/mol. The summed E-state index contributed by atoms with van der Waals surface area (Å²) in [6.07, 6.45) is 2.38. The van der Waals surface area contributed by atoms with E-state index >= 15 is 0 Å². The first-order chi connectivity index (χ1) is 6.33. The lowest BCUT2D eigenvalue weighted by molar-refractivity contribution is -0.105. The second-order valence-electron chi connectivity index (χ2n) is 2.79. The minimum Gasteiger partial charge on any atom is -0.334 e. The predicted octanol–water partition coefficient (Wildman–Crippen LogP) is 1.14. The van der Waals surface area contributed by atoms with Crippen LogP contribution in [-0.2, 0) is 11.8 Å². The molecule has 0 saturated heterocycles. The number of hydrogen-bond acceptors (Lipinski definition) is 2. The molecule has 66 valence electrons. The molecule has 1 amide bonds. The Bertz CT molecular complexity index is 447. The molecule has 2 aromatic rings. The number of imidazole rings is 1. The lowest BCUT2D eigenvalue weighted by atomic mass is 10.2. The van der Waals surface area contributed by atoms with Gasteiger partial charge in [0, 0.05) is 7.05 Å². The Balaban J connectivity index is 2.69. The molecule has 0 fully saturated rings. The number of benzene rings is 1. The molecular weight excluding hydrogens is 166 g/mol. The molecule has 0 spiro atoms. The third-order valence-electron chi connectivity index (χ3n) is 1.97. The number of aromatic nitrogens is 2. The Morgan fingerprint density at radius 1 is 1.54 bits per heavy atom. The Morgan fingerprint density at radius 3 is 3.15 bits per heavy atom. The summed E-state index contributed by atoms with van der Waals surface area (Å²) < 4.78 is 1.91. The van der Waals surface area contributed by atoms with Crippen LogP contribution in [0.5, 0.6) is 0 Å². The van der Waals surface area contributed by atoms with Gasteiger partial charge >= 0.3 is 0 Å². The number of anilines is 1. The summed E-state index contributed by atoms with van der Waals surface area (Å²) in [6.45, 7) is 0. The van der Waals surface area contributed by atoms with E-state index in [-0.39, 0.29) is 0 Å². The predicted molar refractivity (Wildman–Crippen MR) is 50.4 cm³/mol.